The number of nitrogens with zero attached hydrogens (tertiary/aromatic N) is 1. The van der Waals surface area contributed by atoms with Gasteiger partial charge in [0.1, 0.15) is 5.60 Å². The van der Waals surface area contributed by atoms with Crippen LogP contribution in [0.1, 0.15) is 31.7 Å². The molecule has 3 atom stereocenters. The maximum atomic E-state index is 12.5. The van der Waals surface area contributed by atoms with E-state index in [1.807, 2.05) is 44.3 Å². The van der Waals surface area contributed by atoms with Crippen LogP contribution in [-0.4, -0.2) is 48.9 Å². The van der Waals surface area contributed by atoms with E-state index < -0.39 is 0 Å². The molecule has 1 aromatic carbocycles. The van der Waals surface area contributed by atoms with Crippen molar-refractivity contribution in [3.63, 3.8) is 0 Å². The average molecular weight is 318 g/mol. The van der Waals surface area contributed by atoms with Gasteiger partial charge in [0, 0.05) is 26.8 Å². The fourth-order valence-corrected chi connectivity index (χ4v) is 3.67. The van der Waals surface area contributed by atoms with Gasteiger partial charge in [-0.3, -0.25) is 0 Å². The van der Waals surface area contributed by atoms with Gasteiger partial charge in [-0.2, -0.15) is 0 Å². The first-order valence-corrected chi connectivity index (χ1v) is 8.47. The van der Waals surface area contributed by atoms with Crippen LogP contribution in [0.2, 0.25) is 0 Å². The normalized spacial score (nSPS) is 29.3. The molecule has 5 heteroatoms. The third kappa shape index (κ3) is 3.21. The Hall–Kier alpha value is -1.59. The standard InChI is InChI=1S/C18H26N2O3/c1-3-22-16-12-15(18(16)10-7-11-23-18)19-17(21)20(2)13-14-8-5-4-6-9-14/h4-6,8-9,15-16H,3,7,10-13H2,1-2H3,(H,19,21)/t15-,16+,18-/m0/s1. The molecule has 0 radical (unpaired) electrons. The molecule has 2 fully saturated rings. The Morgan fingerprint density at radius 1 is 1.43 bits per heavy atom. The van der Waals surface area contributed by atoms with Crippen molar-refractivity contribution >= 4 is 6.03 Å². The average Bonchev–Trinajstić information content (AvgIpc) is 3.07. The van der Waals surface area contributed by atoms with Crippen LogP contribution in [0.3, 0.4) is 0 Å². The maximum absolute atomic E-state index is 12.5. The molecule has 2 aliphatic rings. The molecular formula is C18H26N2O3. The summed E-state index contributed by atoms with van der Waals surface area (Å²) in [6, 6.07) is 10.0. The zero-order chi connectivity index (χ0) is 16.3. The molecule has 1 saturated heterocycles. The van der Waals surface area contributed by atoms with Crippen molar-refractivity contribution < 1.29 is 14.3 Å². The lowest BCUT2D eigenvalue weighted by molar-refractivity contribution is -0.195. The summed E-state index contributed by atoms with van der Waals surface area (Å²) in [6.07, 6.45) is 2.94. The minimum atomic E-state index is -0.306. The highest BCUT2D eigenvalue weighted by Crippen LogP contribution is 2.45. The van der Waals surface area contributed by atoms with E-state index in [4.69, 9.17) is 9.47 Å². The summed E-state index contributed by atoms with van der Waals surface area (Å²) in [5.41, 5.74) is 0.817. The first kappa shape index (κ1) is 16.3. The first-order valence-electron chi connectivity index (χ1n) is 8.47. The minimum Gasteiger partial charge on any atom is -0.375 e. The Balaban J connectivity index is 1.57. The number of hydrogen-bond acceptors (Lipinski definition) is 3. The minimum absolute atomic E-state index is 0.0484. The summed E-state index contributed by atoms with van der Waals surface area (Å²) in [5.74, 6) is 0. The highest BCUT2D eigenvalue weighted by atomic mass is 16.6. The monoisotopic (exact) mass is 318 g/mol. The molecule has 2 amide bonds. The van der Waals surface area contributed by atoms with Crippen LogP contribution < -0.4 is 5.32 Å². The van der Waals surface area contributed by atoms with Gasteiger partial charge in [0.15, 0.2) is 0 Å². The molecule has 1 aliphatic carbocycles. The summed E-state index contributed by atoms with van der Waals surface area (Å²) in [5, 5.41) is 3.14. The van der Waals surface area contributed by atoms with Gasteiger partial charge in [0.05, 0.1) is 12.1 Å². The van der Waals surface area contributed by atoms with Crippen molar-refractivity contribution in [3.05, 3.63) is 35.9 Å². The number of urea groups is 1. The van der Waals surface area contributed by atoms with Crippen molar-refractivity contribution in [2.75, 3.05) is 20.3 Å². The number of carbonyl (C=O) groups excluding carboxylic acids is 1. The van der Waals surface area contributed by atoms with Crippen LogP contribution in [-0.2, 0) is 16.0 Å². The third-order valence-electron chi connectivity index (χ3n) is 4.94. The Bertz CT molecular complexity index is 528. The van der Waals surface area contributed by atoms with Gasteiger partial charge in [-0.1, -0.05) is 30.3 Å². The smallest absolute Gasteiger partial charge is 0.317 e. The molecule has 5 nitrogen and oxygen atoms in total. The largest absolute Gasteiger partial charge is 0.375 e. The molecule has 1 heterocycles. The van der Waals surface area contributed by atoms with E-state index in [0.717, 1.165) is 31.4 Å². The molecule has 0 bridgehead atoms. The van der Waals surface area contributed by atoms with Gasteiger partial charge >= 0.3 is 6.03 Å². The molecule has 0 unspecified atom stereocenters. The Morgan fingerprint density at radius 2 is 2.22 bits per heavy atom. The maximum Gasteiger partial charge on any atom is 0.317 e. The topological polar surface area (TPSA) is 50.8 Å². The molecule has 126 valence electrons. The van der Waals surface area contributed by atoms with E-state index in [2.05, 4.69) is 5.32 Å². The number of amides is 2. The van der Waals surface area contributed by atoms with Crippen LogP contribution in [0.5, 0.6) is 0 Å². The molecule has 1 aromatic rings. The van der Waals surface area contributed by atoms with Crippen molar-refractivity contribution in [3.8, 4) is 0 Å². The number of carbonyl (C=O) groups is 1. The van der Waals surface area contributed by atoms with Crippen molar-refractivity contribution in [2.45, 2.75) is 50.5 Å². The molecule has 0 aromatic heterocycles. The number of ether oxygens (including phenoxy) is 2. The Morgan fingerprint density at radius 3 is 2.87 bits per heavy atom. The summed E-state index contributed by atoms with van der Waals surface area (Å²) in [7, 11) is 1.82. The second kappa shape index (κ2) is 6.89. The fraction of sp³-hybridized carbons (Fsp3) is 0.611. The van der Waals surface area contributed by atoms with E-state index in [0.29, 0.717) is 13.2 Å². The molecule has 1 saturated carbocycles. The van der Waals surface area contributed by atoms with Crippen LogP contribution in [0, 0.1) is 0 Å². The number of hydrogen-bond donors (Lipinski definition) is 1. The van der Waals surface area contributed by atoms with Crippen LogP contribution in [0.4, 0.5) is 4.79 Å². The van der Waals surface area contributed by atoms with Crippen LogP contribution in [0.25, 0.3) is 0 Å². The van der Waals surface area contributed by atoms with Gasteiger partial charge in [0.2, 0.25) is 0 Å². The van der Waals surface area contributed by atoms with Crippen molar-refractivity contribution in [2.24, 2.45) is 0 Å². The van der Waals surface area contributed by atoms with Gasteiger partial charge in [-0.05, 0) is 31.7 Å². The van der Waals surface area contributed by atoms with Gasteiger partial charge in [-0.15, -0.1) is 0 Å². The predicted molar refractivity (Wildman–Crippen MR) is 88.2 cm³/mol. The van der Waals surface area contributed by atoms with Crippen molar-refractivity contribution in [1.29, 1.82) is 0 Å². The molecule has 3 rings (SSSR count). The summed E-state index contributed by atoms with van der Waals surface area (Å²) >= 11 is 0. The fourth-order valence-electron chi connectivity index (χ4n) is 3.67. The Labute approximate surface area is 137 Å². The number of benzene rings is 1. The van der Waals surface area contributed by atoms with Crippen LogP contribution >= 0.6 is 0 Å². The van der Waals surface area contributed by atoms with E-state index in [1.165, 1.54) is 0 Å². The molecular weight excluding hydrogens is 292 g/mol. The second-order valence-electron chi connectivity index (χ2n) is 6.43. The first-order chi connectivity index (χ1) is 11.2. The lowest BCUT2D eigenvalue weighted by Gasteiger charge is -2.52. The predicted octanol–water partition coefficient (Wildman–Crippen LogP) is 2.55. The lowest BCUT2D eigenvalue weighted by atomic mass is 9.70. The summed E-state index contributed by atoms with van der Waals surface area (Å²) in [4.78, 5) is 14.2. The zero-order valence-corrected chi connectivity index (χ0v) is 14.0. The van der Waals surface area contributed by atoms with E-state index in [-0.39, 0.29) is 23.8 Å². The molecule has 1 aliphatic heterocycles. The highest BCUT2D eigenvalue weighted by Gasteiger charge is 2.59. The van der Waals surface area contributed by atoms with Gasteiger partial charge < -0.3 is 19.7 Å². The molecule has 23 heavy (non-hydrogen) atoms. The second-order valence-corrected chi connectivity index (χ2v) is 6.43. The van der Waals surface area contributed by atoms with E-state index in [1.54, 1.807) is 4.90 Å². The van der Waals surface area contributed by atoms with Crippen LogP contribution in [0.15, 0.2) is 30.3 Å². The van der Waals surface area contributed by atoms with Crippen molar-refractivity contribution in [1.82, 2.24) is 10.2 Å². The highest BCUT2D eigenvalue weighted by molar-refractivity contribution is 5.74. The van der Waals surface area contributed by atoms with E-state index in [9.17, 15) is 4.79 Å². The zero-order valence-electron chi connectivity index (χ0n) is 14.0. The molecule has 1 N–H and O–H groups in total. The number of rotatable bonds is 5. The molecule has 1 spiro atoms. The quantitative estimate of drug-likeness (QED) is 0.908. The lowest BCUT2D eigenvalue weighted by Crippen LogP contribution is -2.70. The number of nitrogens with one attached hydrogen (secondary N) is 1. The third-order valence-corrected chi connectivity index (χ3v) is 4.94. The SMILES string of the molecule is CCO[C@@H]1C[C@H](NC(=O)N(C)Cc2ccccc2)[C@@]12CCCO2. The summed E-state index contributed by atoms with van der Waals surface area (Å²) in [6.45, 7) is 4.05. The Kier molecular flexibility index (Phi) is 4.87. The van der Waals surface area contributed by atoms with Gasteiger partial charge in [0.25, 0.3) is 0 Å². The van der Waals surface area contributed by atoms with Gasteiger partial charge in [-0.25, -0.2) is 4.79 Å². The summed E-state index contributed by atoms with van der Waals surface area (Å²) < 4.78 is 11.8. The van der Waals surface area contributed by atoms with E-state index >= 15 is 0 Å².